The first kappa shape index (κ1) is 56.2. The predicted octanol–water partition coefficient (Wildman–Crippen LogP) is 13.3. The van der Waals surface area contributed by atoms with Crippen LogP contribution >= 0.6 is 7.82 Å². The van der Waals surface area contributed by atoms with Crippen LogP contribution in [0.15, 0.2) is 12.2 Å². The number of aliphatic hydroxyl groups is 1. The number of phosphoric ester groups is 1. The summed E-state index contributed by atoms with van der Waals surface area (Å²) in [4.78, 5) is 25.1. The molecule has 0 aromatic carbocycles. The second-order valence-electron chi connectivity index (χ2n) is 18.2. The maximum absolute atomic E-state index is 12.7. The Morgan fingerprint density at radius 3 is 1.37 bits per heavy atom. The van der Waals surface area contributed by atoms with Crippen LogP contribution in [0.2, 0.25) is 0 Å². The zero-order chi connectivity index (χ0) is 42.1. The van der Waals surface area contributed by atoms with E-state index in [-0.39, 0.29) is 19.1 Å². The minimum atomic E-state index is -4.54. The highest BCUT2D eigenvalue weighted by molar-refractivity contribution is 7.45. The smallest absolute Gasteiger partial charge is 0.268 e. The van der Waals surface area contributed by atoms with E-state index in [2.05, 4.69) is 31.3 Å². The number of nitrogens with one attached hydrogen (secondary N) is 1. The fourth-order valence-corrected chi connectivity index (χ4v) is 8.05. The second-order valence-corrected chi connectivity index (χ2v) is 19.6. The Kier molecular flexibility index (Phi) is 40.1. The fraction of sp³-hybridized carbons (Fsp3) is 0.938. The highest BCUT2D eigenvalue weighted by atomic mass is 31.2. The molecule has 0 aliphatic rings. The van der Waals surface area contributed by atoms with E-state index in [1.807, 2.05) is 21.1 Å². The third-order valence-corrected chi connectivity index (χ3v) is 12.2. The lowest BCUT2D eigenvalue weighted by Crippen LogP contribution is -2.46. The van der Waals surface area contributed by atoms with E-state index >= 15 is 0 Å². The molecule has 0 radical (unpaired) electrons. The van der Waals surface area contributed by atoms with Crippen LogP contribution in [0.4, 0.5) is 0 Å². The molecule has 8 nitrogen and oxygen atoms in total. The maximum Gasteiger partial charge on any atom is 0.268 e. The highest BCUT2D eigenvalue weighted by Crippen LogP contribution is 2.38. The summed E-state index contributed by atoms with van der Waals surface area (Å²) in [5.74, 6) is -0.170. The number of hydrogen-bond donors (Lipinski definition) is 2. The lowest BCUT2D eigenvalue weighted by atomic mass is 10.0. The Bertz CT molecular complexity index is 942. The Morgan fingerprint density at radius 2 is 0.965 bits per heavy atom. The predicted molar refractivity (Wildman–Crippen MR) is 242 cm³/mol. The lowest BCUT2D eigenvalue weighted by molar-refractivity contribution is -0.870. The molecule has 2 N–H and O–H groups in total. The highest BCUT2D eigenvalue weighted by Gasteiger charge is 2.24. The largest absolute Gasteiger partial charge is 0.756 e. The van der Waals surface area contributed by atoms with E-state index in [0.717, 1.165) is 44.9 Å². The van der Waals surface area contributed by atoms with E-state index in [0.29, 0.717) is 23.9 Å². The summed E-state index contributed by atoms with van der Waals surface area (Å²) in [5.41, 5.74) is 0. The minimum Gasteiger partial charge on any atom is -0.756 e. The van der Waals surface area contributed by atoms with Crippen LogP contribution in [0.25, 0.3) is 0 Å². The number of hydrogen-bond acceptors (Lipinski definition) is 6. The molecule has 3 atom stereocenters. The molecule has 0 aromatic heterocycles. The van der Waals surface area contributed by atoms with E-state index in [9.17, 15) is 19.4 Å². The van der Waals surface area contributed by atoms with Crippen molar-refractivity contribution in [1.29, 1.82) is 0 Å². The Hall–Kier alpha value is -0.760. The van der Waals surface area contributed by atoms with Crippen LogP contribution in [0.3, 0.4) is 0 Å². The molecule has 0 fully saturated rings. The monoisotopic (exact) mass is 829 g/mol. The first-order valence-corrected chi connectivity index (χ1v) is 26.0. The molecule has 340 valence electrons. The molecule has 0 aromatic rings. The molecule has 0 saturated carbocycles. The number of quaternary nitrogens is 1. The van der Waals surface area contributed by atoms with Crippen molar-refractivity contribution in [3.63, 3.8) is 0 Å². The van der Waals surface area contributed by atoms with Crippen molar-refractivity contribution in [1.82, 2.24) is 5.32 Å². The van der Waals surface area contributed by atoms with Crippen molar-refractivity contribution in [2.75, 3.05) is 40.9 Å². The molecule has 0 bridgehead atoms. The third kappa shape index (κ3) is 43.1. The molecule has 0 rings (SSSR count). The topological polar surface area (TPSA) is 108 Å². The van der Waals surface area contributed by atoms with Crippen LogP contribution in [0.1, 0.15) is 239 Å². The van der Waals surface area contributed by atoms with Gasteiger partial charge in [-0.1, -0.05) is 206 Å². The minimum absolute atomic E-state index is 0.0134. The van der Waals surface area contributed by atoms with Gasteiger partial charge in [0.1, 0.15) is 13.2 Å². The van der Waals surface area contributed by atoms with Gasteiger partial charge in [0.25, 0.3) is 7.82 Å². The Labute approximate surface area is 354 Å². The second kappa shape index (κ2) is 40.6. The maximum atomic E-state index is 12.7. The SMILES string of the molecule is CCCCCCCCCC/C=C\CCCCCCCCCCCCCCCCCCCCCC(=O)NC(COP(=O)([O-])OCC[N+](C)(C)C)C(O)CCCCCC. The number of amides is 1. The molecule has 0 aliphatic carbocycles. The van der Waals surface area contributed by atoms with Gasteiger partial charge in [0, 0.05) is 6.42 Å². The quantitative estimate of drug-likeness (QED) is 0.0274. The summed E-state index contributed by atoms with van der Waals surface area (Å²) in [6.07, 6.45) is 47.4. The average Bonchev–Trinajstić information content (AvgIpc) is 3.16. The molecule has 3 unspecified atom stereocenters. The van der Waals surface area contributed by atoms with Crippen LogP contribution in [0, 0.1) is 0 Å². The number of unbranched alkanes of at least 4 members (excludes halogenated alkanes) is 30. The number of aliphatic hydroxyl groups excluding tert-OH is 1. The number of rotatable bonds is 45. The van der Waals surface area contributed by atoms with Crippen molar-refractivity contribution in [3.8, 4) is 0 Å². The van der Waals surface area contributed by atoms with Crippen molar-refractivity contribution >= 4 is 13.7 Å². The molecular formula is C48H97N2O6P. The number of carbonyl (C=O) groups is 1. The van der Waals surface area contributed by atoms with Crippen LogP contribution in [-0.2, 0) is 18.4 Å². The molecule has 0 spiro atoms. The summed E-state index contributed by atoms with van der Waals surface area (Å²) >= 11 is 0. The molecule has 1 amide bonds. The zero-order valence-corrected chi connectivity index (χ0v) is 39.5. The van der Waals surface area contributed by atoms with Gasteiger partial charge in [-0.05, 0) is 38.5 Å². The molecule has 0 aliphatic heterocycles. The zero-order valence-electron chi connectivity index (χ0n) is 38.6. The van der Waals surface area contributed by atoms with Crippen molar-refractivity contribution in [2.45, 2.75) is 251 Å². The van der Waals surface area contributed by atoms with Gasteiger partial charge in [-0.2, -0.15) is 0 Å². The number of nitrogens with zero attached hydrogens (tertiary/aromatic N) is 1. The standard InChI is InChI=1S/C48H97N2O6P/c1-6-8-10-12-13-14-15-16-17-18-19-20-21-22-23-24-25-26-27-28-29-30-31-32-33-34-35-36-37-38-40-42-48(52)49-46(47(51)41-39-11-9-7-2)45-56-57(53,54)55-44-43-50(3,4)5/h18-19,46-47,51H,6-17,20-45H2,1-5H3,(H-,49,52,53,54)/b19-18-. The van der Waals surface area contributed by atoms with Crippen LogP contribution in [0.5, 0.6) is 0 Å². The van der Waals surface area contributed by atoms with Gasteiger partial charge in [-0.15, -0.1) is 0 Å². The summed E-state index contributed by atoms with van der Waals surface area (Å²) in [6, 6.07) is -0.792. The first-order valence-electron chi connectivity index (χ1n) is 24.5. The van der Waals surface area contributed by atoms with Gasteiger partial charge >= 0.3 is 0 Å². The number of carbonyl (C=O) groups excluding carboxylic acids is 1. The number of allylic oxidation sites excluding steroid dienone is 2. The first-order chi connectivity index (χ1) is 27.5. The van der Waals surface area contributed by atoms with Crippen LogP contribution < -0.4 is 10.2 Å². The summed E-state index contributed by atoms with van der Waals surface area (Å²) in [7, 11) is 1.31. The van der Waals surface area contributed by atoms with Gasteiger partial charge in [0.05, 0.1) is 39.9 Å². The van der Waals surface area contributed by atoms with E-state index < -0.39 is 20.0 Å². The molecule has 57 heavy (non-hydrogen) atoms. The fourth-order valence-electron chi connectivity index (χ4n) is 7.33. The molecule has 0 heterocycles. The van der Waals surface area contributed by atoms with Gasteiger partial charge in [0.2, 0.25) is 5.91 Å². The number of likely N-dealkylation sites (N-methyl/N-ethyl adjacent to an activating group) is 1. The van der Waals surface area contributed by atoms with Gasteiger partial charge in [-0.25, -0.2) is 0 Å². The molecular weight excluding hydrogens is 732 g/mol. The summed E-state index contributed by atoms with van der Waals surface area (Å²) in [6.45, 7) is 4.61. The van der Waals surface area contributed by atoms with Gasteiger partial charge < -0.3 is 28.8 Å². The molecule has 9 heteroatoms. The van der Waals surface area contributed by atoms with Crippen LogP contribution in [-0.4, -0.2) is 68.5 Å². The summed E-state index contributed by atoms with van der Waals surface area (Å²) < 4.78 is 23.0. The Balaban J connectivity index is 3.75. The van der Waals surface area contributed by atoms with E-state index in [1.165, 1.54) is 167 Å². The van der Waals surface area contributed by atoms with Gasteiger partial charge in [0.15, 0.2) is 0 Å². The van der Waals surface area contributed by atoms with Crippen molar-refractivity contribution in [3.05, 3.63) is 12.2 Å². The normalized spacial score (nSPS) is 14.3. The van der Waals surface area contributed by atoms with Crippen molar-refractivity contribution in [2.24, 2.45) is 0 Å². The summed E-state index contributed by atoms with van der Waals surface area (Å²) in [5, 5.41) is 13.6. The third-order valence-electron chi connectivity index (χ3n) is 11.3. The molecule has 0 saturated heterocycles. The lowest BCUT2D eigenvalue weighted by Gasteiger charge is -2.30. The van der Waals surface area contributed by atoms with Crippen molar-refractivity contribution < 1.29 is 32.9 Å². The average molecular weight is 829 g/mol. The number of phosphoric acid groups is 1. The Morgan fingerprint density at radius 1 is 0.596 bits per heavy atom. The van der Waals surface area contributed by atoms with E-state index in [4.69, 9.17) is 9.05 Å². The van der Waals surface area contributed by atoms with E-state index in [1.54, 1.807) is 0 Å². The van der Waals surface area contributed by atoms with Gasteiger partial charge in [-0.3, -0.25) is 9.36 Å².